The number of nitrogens with two attached hydrogens (primary N) is 1. The Morgan fingerprint density at radius 3 is 2.69 bits per heavy atom. The van der Waals surface area contributed by atoms with E-state index in [1.807, 2.05) is 0 Å². The maximum Gasteiger partial charge on any atom is 0.267 e. The van der Waals surface area contributed by atoms with Gasteiger partial charge in [0.25, 0.3) is 6.43 Å². The molecular formula is C8H7F2N3. The number of hydrogen-bond donors (Lipinski definition) is 1. The number of nitrogen functional groups attached to an aromatic ring is 1. The average Bonchev–Trinajstić information content (AvgIpc) is 2.04. The van der Waals surface area contributed by atoms with E-state index in [1.165, 1.54) is 13.1 Å². The fourth-order valence-corrected chi connectivity index (χ4v) is 1.00. The van der Waals surface area contributed by atoms with Crippen LogP contribution in [0.1, 0.15) is 23.2 Å². The summed E-state index contributed by atoms with van der Waals surface area (Å²) in [6, 6.07) is 1.70. The molecule has 0 saturated carbocycles. The van der Waals surface area contributed by atoms with Crippen LogP contribution in [0.25, 0.3) is 0 Å². The van der Waals surface area contributed by atoms with Crippen molar-refractivity contribution in [2.24, 2.45) is 0 Å². The minimum atomic E-state index is -2.69. The Hall–Kier alpha value is -1.70. The lowest BCUT2D eigenvalue weighted by atomic mass is 10.1. The zero-order valence-corrected chi connectivity index (χ0v) is 6.88. The molecule has 1 aromatic heterocycles. The lowest BCUT2D eigenvalue weighted by Gasteiger charge is -2.07. The summed E-state index contributed by atoms with van der Waals surface area (Å²) in [5.41, 5.74) is 4.97. The van der Waals surface area contributed by atoms with Gasteiger partial charge in [0.05, 0.1) is 16.8 Å². The third kappa shape index (κ3) is 1.56. The first-order valence-corrected chi connectivity index (χ1v) is 3.51. The summed E-state index contributed by atoms with van der Waals surface area (Å²) >= 11 is 0. The van der Waals surface area contributed by atoms with Crippen LogP contribution in [0.15, 0.2) is 6.20 Å². The van der Waals surface area contributed by atoms with Crippen molar-refractivity contribution >= 4 is 5.69 Å². The summed E-state index contributed by atoms with van der Waals surface area (Å²) < 4.78 is 24.8. The topological polar surface area (TPSA) is 62.7 Å². The molecule has 5 heteroatoms. The van der Waals surface area contributed by atoms with E-state index in [1.54, 1.807) is 6.07 Å². The molecule has 1 heterocycles. The molecule has 0 aliphatic carbocycles. The Balaban J connectivity index is 3.41. The van der Waals surface area contributed by atoms with Gasteiger partial charge in [0, 0.05) is 11.9 Å². The largest absolute Gasteiger partial charge is 0.397 e. The molecule has 0 unspecified atom stereocenters. The van der Waals surface area contributed by atoms with Gasteiger partial charge in [-0.1, -0.05) is 0 Å². The van der Waals surface area contributed by atoms with Gasteiger partial charge in [0.1, 0.15) is 6.07 Å². The van der Waals surface area contributed by atoms with Gasteiger partial charge in [-0.25, -0.2) is 8.78 Å². The van der Waals surface area contributed by atoms with Crippen molar-refractivity contribution in [1.29, 1.82) is 5.26 Å². The summed E-state index contributed by atoms with van der Waals surface area (Å²) in [4.78, 5) is 3.65. The number of nitrogens with zero attached hydrogens (tertiary/aromatic N) is 2. The molecular weight excluding hydrogens is 176 g/mol. The van der Waals surface area contributed by atoms with Crippen LogP contribution in [-0.2, 0) is 0 Å². The van der Waals surface area contributed by atoms with Crippen LogP contribution in [0.4, 0.5) is 14.5 Å². The fourth-order valence-electron chi connectivity index (χ4n) is 1.00. The Bertz CT molecular complexity index is 368. The van der Waals surface area contributed by atoms with E-state index in [4.69, 9.17) is 11.0 Å². The van der Waals surface area contributed by atoms with E-state index in [2.05, 4.69) is 4.98 Å². The maximum absolute atomic E-state index is 12.4. The summed E-state index contributed by atoms with van der Waals surface area (Å²) in [7, 11) is 0. The molecule has 0 bridgehead atoms. The third-order valence-electron chi connectivity index (χ3n) is 1.70. The molecule has 0 atom stereocenters. The van der Waals surface area contributed by atoms with Crippen LogP contribution in [0.3, 0.4) is 0 Å². The molecule has 0 aliphatic rings. The Kier molecular flexibility index (Phi) is 2.42. The van der Waals surface area contributed by atoms with Crippen molar-refractivity contribution < 1.29 is 8.78 Å². The van der Waals surface area contributed by atoms with E-state index < -0.39 is 6.43 Å². The molecule has 0 spiro atoms. The number of anilines is 1. The first-order chi connectivity index (χ1) is 6.07. The second kappa shape index (κ2) is 3.35. The second-order valence-corrected chi connectivity index (χ2v) is 2.50. The minimum Gasteiger partial charge on any atom is -0.397 e. The normalized spacial score (nSPS) is 10.1. The molecule has 0 fully saturated rings. The quantitative estimate of drug-likeness (QED) is 0.721. The molecule has 0 aromatic carbocycles. The van der Waals surface area contributed by atoms with Crippen LogP contribution >= 0.6 is 0 Å². The number of aromatic nitrogens is 1. The SMILES string of the molecule is Cc1ncc(C#N)c(N)c1C(F)F. The number of hydrogen-bond acceptors (Lipinski definition) is 3. The molecule has 2 N–H and O–H groups in total. The molecule has 0 saturated heterocycles. The predicted octanol–water partition coefficient (Wildman–Crippen LogP) is 1.78. The Labute approximate surface area is 73.8 Å². The van der Waals surface area contributed by atoms with Gasteiger partial charge >= 0.3 is 0 Å². The van der Waals surface area contributed by atoms with Crippen molar-refractivity contribution in [3.8, 4) is 6.07 Å². The zero-order valence-electron chi connectivity index (χ0n) is 6.88. The summed E-state index contributed by atoms with van der Waals surface area (Å²) in [5, 5.41) is 8.50. The number of rotatable bonds is 1. The summed E-state index contributed by atoms with van der Waals surface area (Å²) in [6.45, 7) is 1.43. The van der Waals surface area contributed by atoms with Gasteiger partial charge in [-0.15, -0.1) is 0 Å². The predicted molar refractivity (Wildman–Crippen MR) is 43.1 cm³/mol. The first-order valence-electron chi connectivity index (χ1n) is 3.51. The van der Waals surface area contributed by atoms with E-state index in [-0.39, 0.29) is 22.5 Å². The minimum absolute atomic E-state index is 0.0131. The zero-order chi connectivity index (χ0) is 10.0. The molecule has 0 aliphatic heterocycles. The summed E-state index contributed by atoms with van der Waals surface area (Å²) in [6.07, 6.45) is -1.50. The van der Waals surface area contributed by atoms with Gasteiger partial charge in [-0.2, -0.15) is 5.26 Å². The molecule has 68 valence electrons. The highest BCUT2D eigenvalue weighted by molar-refractivity contribution is 5.59. The first kappa shape index (κ1) is 9.39. The molecule has 13 heavy (non-hydrogen) atoms. The molecule has 0 radical (unpaired) electrons. The fraction of sp³-hybridized carbons (Fsp3) is 0.250. The molecule has 1 aromatic rings. The second-order valence-electron chi connectivity index (χ2n) is 2.50. The highest BCUT2D eigenvalue weighted by Gasteiger charge is 2.17. The van der Waals surface area contributed by atoms with Crippen molar-refractivity contribution in [1.82, 2.24) is 4.98 Å². The van der Waals surface area contributed by atoms with Crippen LogP contribution in [-0.4, -0.2) is 4.98 Å². The smallest absolute Gasteiger partial charge is 0.267 e. The van der Waals surface area contributed by atoms with Gasteiger partial charge in [0.15, 0.2) is 0 Å². The van der Waals surface area contributed by atoms with Gasteiger partial charge in [-0.3, -0.25) is 4.98 Å². The van der Waals surface area contributed by atoms with E-state index in [0.717, 1.165) is 0 Å². The number of halogens is 2. The van der Waals surface area contributed by atoms with Crippen LogP contribution in [0.5, 0.6) is 0 Å². The highest BCUT2D eigenvalue weighted by Crippen LogP contribution is 2.28. The van der Waals surface area contributed by atoms with Crippen molar-refractivity contribution in [2.45, 2.75) is 13.3 Å². The van der Waals surface area contributed by atoms with E-state index >= 15 is 0 Å². The third-order valence-corrected chi connectivity index (χ3v) is 1.70. The number of aryl methyl sites for hydroxylation is 1. The van der Waals surface area contributed by atoms with Crippen LogP contribution in [0.2, 0.25) is 0 Å². The van der Waals surface area contributed by atoms with E-state index in [0.29, 0.717) is 0 Å². The highest BCUT2D eigenvalue weighted by atomic mass is 19.3. The van der Waals surface area contributed by atoms with Crippen molar-refractivity contribution in [3.05, 3.63) is 23.0 Å². The standard InChI is InChI=1S/C8H7F2N3/c1-4-6(8(9)10)7(12)5(2-11)3-13-4/h3,8H,1H3,(H2,12,13). The van der Waals surface area contributed by atoms with Crippen LogP contribution in [0, 0.1) is 18.3 Å². The van der Waals surface area contributed by atoms with Crippen LogP contribution < -0.4 is 5.73 Å². The van der Waals surface area contributed by atoms with E-state index in [9.17, 15) is 8.78 Å². The average molecular weight is 183 g/mol. The van der Waals surface area contributed by atoms with Gasteiger partial charge in [0.2, 0.25) is 0 Å². The monoisotopic (exact) mass is 183 g/mol. The molecule has 3 nitrogen and oxygen atoms in total. The van der Waals surface area contributed by atoms with Crippen molar-refractivity contribution in [3.63, 3.8) is 0 Å². The Morgan fingerprint density at radius 2 is 2.23 bits per heavy atom. The Morgan fingerprint density at radius 1 is 1.62 bits per heavy atom. The lowest BCUT2D eigenvalue weighted by molar-refractivity contribution is 0.151. The maximum atomic E-state index is 12.4. The number of pyridine rings is 1. The lowest BCUT2D eigenvalue weighted by Crippen LogP contribution is -2.03. The molecule has 0 amide bonds. The van der Waals surface area contributed by atoms with Crippen molar-refractivity contribution in [2.75, 3.05) is 5.73 Å². The van der Waals surface area contributed by atoms with Gasteiger partial charge in [-0.05, 0) is 6.92 Å². The summed E-state index contributed by atoms with van der Waals surface area (Å²) in [5.74, 6) is 0. The molecule has 1 rings (SSSR count). The van der Waals surface area contributed by atoms with Gasteiger partial charge < -0.3 is 5.73 Å². The number of nitriles is 1. The number of alkyl halides is 2.